The fourth-order valence-corrected chi connectivity index (χ4v) is 4.70. The minimum Gasteiger partial charge on any atom is -0.456 e. The maximum absolute atomic E-state index is 6.45. The molecule has 3 nitrogen and oxygen atoms in total. The van der Waals surface area contributed by atoms with Gasteiger partial charge in [-0.15, -0.1) is 0 Å². The molecule has 4 aromatic carbocycles. The summed E-state index contributed by atoms with van der Waals surface area (Å²) in [6, 6.07) is 32.9. The van der Waals surface area contributed by atoms with Crippen molar-refractivity contribution in [3.8, 4) is 22.4 Å². The molecule has 32 heavy (non-hydrogen) atoms. The minimum atomic E-state index is 0.865. The van der Waals surface area contributed by atoms with Gasteiger partial charge in [-0.3, -0.25) is 4.98 Å². The normalized spacial score (nSPS) is 11.8. The Morgan fingerprint density at radius 2 is 1.28 bits per heavy atom. The number of pyridine rings is 1. The molecular formula is C29H17NO2. The highest BCUT2D eigenvalue weighted by atomic mass is 16.3. The summed E-state index contributed by atoms with van der Waals surface area (Å²) in [6.45, 7) is 0. The number of nitrogens with zero attached hydrogens (tertiary/aromatic N) is 1. The van der Waals surface area contributed by atoms with Gasteiger partial charge in [0.1, 0.15) is 22.3 Å². The predicted octanol–water partition coefficient (Wildman–Crippen LogP) is 8.21. The lowest BCUT2D eigenvalue weighted by molar-refractivity contribution is 0.663. The van der Waals surface area contributed by atoms with Gasteiger partial charge in [-0.25, -0.2) is 0 Å². The van der Waals surface area contributed by atoms with Crippen LogP contribution < -0.4 is 0 Å². The van der Waals surface area contributed by atoms with E-state index in [4.69, 9.17) is 8.83 Å². The van der Waals surface area contributed by atoms with Crippen LogP contribution in [-0.4, -0.2) is 4.98 Å². The second-order valence-electron chi connectivity index (χ2n) is 7.99. The van der Waals surface area contributed by atoms with Crippen LogP contribution in [0.4, 0.5) is 0 Å². The van der Waals surface area contributed by atoms with Crippen LogP contribution in [0.15, 0.2) is 112 Å². The molecule has 0 N–H and O–H groups in total. The van der Waals surface area contributed by atoms with Gasteiger partial charge in [-0.2, -0.15) is 0 Å². The first kappa shape index (κ1) is 17.3. The lowest BCUT2D eigenvalue weighted by Crippen LogP contribution is -1.85. The molecule has 0 amide bonds. The Hall–Kier alpha value is -4.37. The lowest BCUT2D eigenvalue weighted by Gasteiger charge is -2.06. The van der Waals surface area contributed by atoms with Gasteiger partial charge >= 0.3 is 0 Å². The fourth-order valence-electron chi connectivity index (χ4n) is 4.70. The first-order valence-corrected chi connectivity index (χ1v) is 10.6. The van der Waals surface area contributed by atoms with E-state index >= 15 is 0 Å². The monoisotopic (exact) mass is 411 g/mol. The molecular weight excluding hydrogens is 394 g/mol. The highest BCUT2D eigenvalue weighted by Crippen LogP contribution is 2.42. The van der Waals surface area contributed by atoms with Crippen LogP contribution in [0, 0.1) is 0 Å². The Morgan fingerprint density at radius 3 is 2.19 bits per heavy atom. The van der Waals surface area contributed by atoms with Gasteiger partial charge in [0.05, 0.1) is 5.69 Å². The van der Waals surface area contributed by atoms with E-state index in [0.29, 0.717) is 0 Å². The number of hydrogen-bond acceptors (Lipinski definition) is 3. The van der Waals surface area contributed by atoms with Crippen molar-refractivity contribution in [1.82, 2.24) is 4.98 Å². The Bertz CT molecular complexity index is 1770. The highest BCUT2D eigenvalue weighted by molar-refractivity contribution is 6.26. The summed E-state index contributed by atoms with van der Waals surface area (Å²) < 4.78 is 12.6. The van der Waals surface area contributed by atoms with Crippen molar-refractivity contribution in [3.05, 3.63) is 103 Å². The SMILES string of the molecule is c1ccc(-c2cc(-c3cccc4c3oc3ccc5oc6ccccc6c5c34)ccn2)cc1. The Balaban J connectivity index is 1.53. The standard InChI is InChI=1S/C29H17NO2/c1-2-7-18(8-3-1)23-17-19(15-16-30-23)20-10-6-11-22-28-26(32-29(20)22)14-13-25-27(28)21-9-4-5-12-24(21)31-25/h1-17H. The average Bonchev–Trinajstić information content (AvgIpc) is 3.42. The number of aromatic nitrogens is 1. The van der Waals surface area contributed by atoms with Gasteiger partial charge in [0, 0.05) is 38.9 Å². The third-order valence-corrected chi connectivity index (χ3v) is 6.14. The van der Waals surface area contributed by atoms with Crippen molar-refractivity contribution < 1.29 is 8.83 Å². The van der Waals surface area contributed by atoms with E-state index in [2.05, 4.69) is 47.4 Å². The molecule has 0 aliphatic carbocycles. The van der Waals surface area contributed by atoms with Crippen molar-refractivity contribution in [1.29, 1.82) is 0 Å². The molecule has 0 aliphatic heterocycles. The van der Waals surface area contributed by atoms with Crippen molar-refractivity contribution in [3.63, 3.8) is 0 Å². The van der Waals surface area contributed by atoms with Crippen LogP contribution in [0.25, 0.3) is 66.3 Å². The molecule has 0 saturated heterocycles. The first-order chi connectivity index (χ1) is 15.9. The largest absolute Gasteiger partial charge is 0.456 e. The molecule has 0 spiro atoms. The van der Waals surface area contributed by atoms with Crippen LogP contribution in [0.2, 0.25) is 0 Å². The van der Waals surface area contributed by atoms with E-state index in [1.54, 1.807) is 0 Å². The summed E-state index contributed by atoms with van der Waals surface area (Å²) in [6.07, 6.45) is 1.86. The molecule has 150 valence electrons. The Kier molecular flexibility index (Phi) is 3.55. The molecule has 0 bridgehead atoms. The summed E-state index contributed by atoms with van der Waals surface area (Å²) in [5.41, 5.74) is 7.69. The fraction of sp³-hybridized carbons (Fsp3) is 0. The van der Waals surface area contributed by atoms with Gasteiger partial charge in [-0.1, -0.05) is 66.7 Å². The van der Waals surface area contributed by atoms with Crippen molar-refractivity contribution in [2.75, 3.05) is 0 Å². The maximum Gasteiger partial charge on any atom is 0.143 e. The smallest absolute Gasteiger partial charge is 0.143 e. The van der Waals surface area contributed by atoms with Crippen molar-refractivity contribution in [2.24, 2.45) is 0 Å². The zero-order valence-corrected chi connectivity index (χ0v) is 17.1. The second kappa shape index (κ2) is 6.56. The molecule has 0 radical (unpaired) electrons. The molecule has 7 aromatic rings. The number of para-hydroxylation sites is 2. The van der Waals surface area contributed by atoms with Crippen molar-refractivity contribution >= 4 is 43.9 Å². The van der Waals surface area contributed by atoms with E-state index in [9.17, 15) is 0 Å². The number of fused-ring (bicyclic) bond motifs is 7. The van der Waals surface area contributed by atoms with Gasteiger partial charge in [0.25, 0.3) is 0 Å². The zero-order valence-electron chi connectivity index (χ0n) is 17.1. The number of hydrogen-bond donors (Lipinski definition) is 0. The number of furan rings is 2. The van der Waals surface area contributed by atoms with E-state index in [1.807, 2.05) is 60.8 Å². The van der Waals surface area contributed by atoms with Crippen LogP contribution in [0.5, 0.6) is 0 Å². The number of benzene rings is 4. The Morgan fingerprint density at radius 1 is 0.531 bits per heavy atom. The quantitative estimate of drug-likeness (QED) is 0.288. The molecule has 3 heterocycles. The predicted molar refractivity (Wildman–Crippen MR) is 130 cm³/mol. The van der Waals surface area contributed by atoms with Crippen LogP contribution in [0.3, 0.4) is 0 Å². The molecule has 0 unspecified atom stereocenters. The molecule has 3 heteroatoms. The van der Waals surface area contributed by atoms with Gasteiger partial charge in [0.2, 0.25) is 0 Å². The summed E-state index contributed by atoms with van der Waals surface area (Å²) in [7, 11) is 0. The van der Waals surface area contributed by atoms with Gasteiger partial charge < -0.3 is 8.83 Å². The van der Waals surface area contributed by atoms with E-state index < -0.39 is 0 Å². The molecule has 7 rings (SSSR count). The molecule has 0 atom stereocenters. The molecule has 0 fully saturated rings. The van der Waals surface area contributed by atoms with Crippen LogP contribution >= 0.6 is 0 Å². The molecule has 0 aliphatic rings. The van der Waals surface area contributed by atoms with E-state index in [1.165, 1.54) is 0 Å². The summed E-state index contributed by atoms with van der Waals surface area (Å²) in [4.78, 5) is 4.58. The summed E-state index contributed by atoms with van der Waals surface area (Å²) >= 11 is 0. The highest BCUT2D eigenvalue weighted by Gasteiger charge is 2.18. The van der Waals surface area contributed by atoms with E-state index in [0.717, 1.165) is 66.3 Å². The minimum absolute atomic E-state index is 0.865. The van der Waals surface area contributed by atoms with Crippen LogP contribution in [-0.2, 0) is 0 Å². The van der Waals surface area contributed by atoms with Crippen LogP contribution in [0.1, 0.15) is 0 Å². The first-order valence-electron chi connectivity index (χ1n) is 10.6. The maximum atomic E-state index is 6.45. The number of rotatable bonds is 2. The Labute approximate surface area is 183 Å². The summed E-state index contributed by atoms with van der Waals surface area (Å²) in [5, 5.41) is 4.40. The average molecular weight is 411 g/mol. The second-order valence-corrected chi connectivity index (χ2v) is 7.99. The lowest BCUT2D eigenvalue weighted by atomic mass is 10.00. The molecule has 0 saturated carbocycles. The zero-order chi connectivity index (χ0) is 21.1. The third kappa shape index (κ3) is 2.45. The van der Waals surface area contributed by atoms with Gasteiger partial charge in [-0.05, 0) is 35.9 Å². The molecule has 3 aromatic heterocycles. The van der Waals surface area contributed by atoms with Gasteiger partial charge in [0.15, 0.2) is 0 Å². The summed E-state index contributed by atoms with van der Waals surface area (Å²) in [5.74, 6) is 0. The topological polar surface area (TPSA) is 39.2 Å². The third-order valence-electron chi connectivity index (χ3n) is 6.14. The van der Waals surface area contributed by atoms with E-state index in [-0.39, 0.29) is 0 Å². The van der Waals surface area contributed by atoms with Crippen molar-refractivity contribution in [2.45, 2.75) is 0 Å².